The Morgan fingerprint density at radius 1 is 0.628 bits per heavy atom. The fourth-order valence-corrected chi connectivity index (χ4v) is 5.13. The molecule has 0 saturated carbocycles. The number of esters is 2. The average molecular weight is 615 g/mol. The average Bonchev–Trinajstić information content (AvgIpc) is 2.83. The number of hydrogen-bond donors (Lipinski definition) is 3. The molecule has 2 N–H and O–H groups in total. The summed E-state index contributed by atoms with van der Waals surface area (Å²) in [7, 11) is 0. The largest absolute Gasteiger partial charge is 0.507 e. The molecule has 0 bridgehead atoms. The molecule has 2 aromatic rings. The SMILES string of the molecule is CC(C)(C)c1cc(CCC(=O)OCC(S)OC(=O)CCc2cc(C(C)(C)C)c(O)c(C(C)(C)C)c2)cc(C(C)(C)C)c1O. The second-order valence-corrected chi connectivity index (χ2v) is 16.3. The second-order valence-electron chi connectivity index (χ2n) is 15.7. The molecule has 2 rings (SSSR count). The highest BCUT2D eigenvalue weighted by molar-refractivity contribution is 7.80. The lowest BCUT2D eigenvalue weighted by Crippen LogP contribution is -2.21. The summed E-state index contributed by atoms with van der Waals surface area (Å²) in [6, 6.07) is 7.84. The number of carbonyl (C=O) groups is 2. The quantitative estimate of drug-likeness (QED) is 0.150. The fraction of sp³-hybridized carbons (Fsp3) is 0.611. The minimum Gasteiger partial charge on any atom is -0.507 e. The molecule has 7 heteroatoms. The van der Waals surface area contributed by atoms with Crippen molar-refractivity contribution in [3.8, 4) is 11.5 Å². The van der Waals surface area contributed by atoms with E-state index in [9.17, 15) is 19.8 Å². The molecule has 43 heavy (non-hydrogen) atoms. The van der Waals surface area contributed by atoms with Crippen molar-refractivity contribution in [2.75, 3.05) is 6.61 Å². The number of carbonyl (C=O) groups excluding carboxylic acids is 2. The fourth-order valence-electron chi connectivity index (χ4n) is 4.94. The van der Waals surface area contributed by atoms with Gasteiger partial charge in [-0.15, -0.1) is 12.6 Å². The number of hydrogen-bond acceptors (Lipinski definition) is 7. The normalized spacial score (nSPS) is 13.5. The number of thiol groups is 1. The number of aryl methyl sites for hydroxylation is 2. The Labute approximate surface area is 265 Å². The van der Waals surface area contributed by atoms with Gasteiger partial charge in [0.2, 0.25) is 0 Å². The van der Waals surface area contributed by atoms with Crippen molar-refractivity contribution >= 4 is 24.6 Å². The third-order valence-electron chi connectivity index (χ3n) is 7.46. The van der Waals surface area contributed by atoms with E-state index in [0.717, 1.165) is 33.4 Å². The number of ether oxygens (including phenoxy) is 2. The zero-order valence-corrected chi connectivity index (χ0v) is 29.3. The van der Waals surface area contributed by atoms with Crippen molar-refractivity contribution in [1.82, 2.24) is 0 Å². The van der Waals surface area contributed by atoms with Crippen LogP contribution < -0.4 is 0 Å². The highest BCUT2D eigenvalue weighted by Crippen LogP contribution is 2.41. The first-order chi connectivity index (χ1) is 19.4. The Balaban J connectivity index is 1.96. The molecule has 0 aliphatic heterocycles. The standard InChI is InChI=1S/C36H54O6S/c1-33(2,3)24-17-22(18-25(31(24)39)34(4,5)6)13-15-28(37)41-21-30(43)42-29(38)16-14-23-19-26(35(7,8)9)32(40)27(20-23)36(10,11)12/h17-20,30,39-40,43H,13-16,21H2,1-12H3. The summed E-state index contributed by atoms with van der Waals surface area (Å²) in [5, 5.41) is 21.9. The van der Waals surface area contributed by atoms with Gasteiger partial charge in [0.25, 0.3) is 0 Å². The molecule has 0 aliphatic rings. The molecule has 1 atom stereocenters. The van der Waals surface area contributed by atoms with Crippen LogP contribution in [0.5, 0.6) is 11.5 Å². The zero-order valence-electron chi connectivity index (χ0n) is 28.4. The molecule has 6 nitrogen and oxygen atoms in total. The molecule has 0 saturated heterocycles. The van der Waals surface area contributed by atoms with Gasteiger partial charge in [-0.05, 0) is 67.9 Å². The zero-order chi connectivity index (χ0) is 33.1. The van der Waals surface area contributed by atoms with Gasteiger partial charge in [0.05, 0.1) is 0 Å². The molecule has 1 unspecified atom stereocenters. The monoisotopic (exact) mass is 614 g/mol. The van der Waals surface area contributed by atoms with Gasteiger partial charge in [-0.25, -0.2) is 0 Å². The number of phenolic OH excluding ortho intramolecular Hbond substituents is 2. The summed E-state index contributed by atoms with van der Waals surface area (Å²) < 4.78 is 10.8. The number of phenols is 2. The van der Waals surface area contributed by atoms with Crippen LogP contribution in [0.15, 0.2) is 24.3 Å². The van der Waals surface area contributed by atoms with E-state index in [1.54, 1.807) is 0 Å². The summed E-state index contributed by atoms with van der Waals surface area (Å²) in [6.45, 7) is 24.5. The van der Waals surface area contributed by atoms with Crippen molar-refractivity contribution in [3.63, 3.8) is 0 Å². The third kappa shape index (κ3) is 10.5. The summed E-state index contributed by atoms with van der Waals surface area (Å²) >= 11 is 4.30. The van der Waals surface area contributed by atoms with Crippen LogP contribution in [0.4, 0.5) is 0 Å². The highest BCUT2D eigenvalue weighted by atomic mass is 32.1. The molecule has 2 aromatic carbocycles. The molecule has 240 valence electrons. The first-order valence-electron chi connectivity index (χ1n) is 15.2. The summed E-state index contributed by atoms with van der Waals surface area (Å²) in [6.07, 6.45) is 1.20. The van der Waals surface area contributed by atoms with Crippen molar-refractivity contribution in [2.45, 2.75) is 136 Å². The molecule has 0 radical (unpaired) electrons. The summed E-state index contributed by atoms with van der Waals surface area (Å²) in [5.74, 6) is -0.238. The van der Waals surface area contributed by atoms with Crippen LogP contribution in [-0.4, -0.2) is 34.2 Å². The summed E-state index contributed by atoms with van der Waals surface area (Å²) in [4.78, 5) is 25.1. The van der Waals surface area contributed by atoms with E-state index >= 15 is 0 Å². The predicted molar refractivity (Wildman–Crippen MR) is 177 cm³/mol. The molecule has 0 amide bonds. The van der Waals surface area contributed by atoms with Gasteiger partial charge in [-0.2, -0.15) is 0 Å². The van der Waals surface area contributed by atoms with Crippen LogP contribution in [0.1, 0.15) is 129 Å². The Kier molecular flexibility index (Phi) is 11.5. The lowest BCUT2D eigenvalue weighted by molar-refractivity contribution is -0.154. The number of benzene rings is 2. The van der Waals surface area contributed by atoms with Gasteiger partial charge in [0, 0.05) is 12.8 Å². The van der Waals surface area contributed by atoms with E-state index in [-0.39, 0.29) is 41.1 Å². The maximum absolute atomic E-state index is 12.6. The van der Waals surface area contributed by atoms with Gasteiger partial charge in [0.1, 0.15) is 18.1 Å². The third-order valence-corrected chi connectivity index (χ3v) is 7.72. The number of aromatic hydroxyl groups is 2. The minimum atomic E-state index is -0.875. The van der Waals surface area contributed by atoms with E-state index in [4.69, 9.17) is 9.47 Å². The predicted octanol–water partition coefficient (Wildman–Crippen LogP) is 8.20. The lowest BCUT2D eigenvalue weighted by Gasteiger charge is -2.28. The van der Waals surface area contributed by atoms with E-state index in [1.807, 2.05) is 24.3 Å². The Bertz CT molecular complexity index is 1230. The van der Waals surface area contributed by atoms with Crippen molar-refractivity contribution in [3.05, 3.63) is 57.6 Å². The minimum absolute atomic E-state index is 0.135. The Morgan fingerprint density at radius 2 is 0.930 bits per heavy atom. The van der Waals surface area contributed by atoms with Gasteiger partial charge in [-0.3, -0.25) is 9.59 Å². The van der Waals surface area contributed by atoms with Gasteiger partial charge in [-0.1, -0.05) is 107 Å². The molecule has 0 aromatic heterocycles. The second kappa shape index (κ2) is 13.5. The first kappa shape index (κ1) is 36.5. The van der Waals surface area contributed by atoms with Crippen molar-refractivity contribution < 1.29 is 29.3 Å². The van der Waals surface area contributed by atoms with E-state index in [2.05, 4.69) is 95.7 Å². The van der Waals surface area contributed by atoms with Crippen molar-refractivity contribution in [1.29, 1.82) is 0 Å². The Morgan fingerprint density at radius 3 is 1.23 bits per heavy atom. The van der Waals surface area contributed by atoms with Crippen LogP contribution in [0, 0.1) is 0 Å². The maximum atomic E-state index is 12.6. The molecular weight excluding hydrogens is 560 g/mol. The van der Waals surface area contributed by atoms with Gasteiger partial charge >= 0.3 is 11.9 Å². The first-order valence-corrected chi connectivity index (χ1v) is 15.7. The van der Waals surface area contributed by atoms with E-state index < -0.39 is 17.4 Å². The summed E-state index contributed by atoms with van der Waals surface area (Å²) in [5.41, 5.74) is 3.40. The molecule has 0 aliphatic carbocycles. The molecule has 0 heterocycles. The van der Waals surface area contributed by atoms with Crippen molar-refractivity contribution in [2.24, 2.45) is 0 Å². The van der Waals surface area contributed by atoms with Crippen LogP contribution in [0.25, 0.3) is 0 Å². The van der Waals surface area contributed by atoms with Crippen LogP contribution >= 0.6 is 12.6 Å². The Hall–Kier alpha value is -2.67. The number of rotatable bonds is 9. The molecular formula is C36H54O6S. The highest BCUT2D eigenvalue weighted by Gasteiger charge is 2.28. The molecule has 0 spiro atoms. The maximum Gasteiger partial charge on any atom is 0.307 e. The van der Waals surface area contributed by atoms with E-state index in [0.29, 0.717) is 24.3 Å². The van der Waals surface area contributed by atoms with Crippen LogP contribution in [0.2, 0.25) is 0 Å². The topological polar surface area (TPSA) is 93.1 Å². The lowest BCUT2D eigenvalue weighted by atomic mass is 9.78. The van der Waals surface area contributed by atoms with Crippen LogP contribution in [-0.2, 0) is 53.6 Å². The smallest absolute Gasteiger partial charge is 0.307 e. The molecule has 0 fully saturated rings. The van der Waals surface area contributed by atoms with E-state index in [1.165, 1.54) is 0 Å². The van der Waals surface area contributed by atoms with Gasteiger partial charge < -0.3 is 19.7 Å². The van der Waals surface area contributed by atoms with Crippen LogP contribution in [0.3, 0.4) is 0 Å². The van der Waals surface area contributed by atoms with Gasteiger partial charge in [0.15, 0.2) is 5.44 Å².